The van der Waals surface area contributed by atoms with Crippen molar-refractivity contribution >= 4 is 57.5 Å². The number of rotatable bonds is 12. The maximum absolute atomic E-state index is 13.1. The van der Waals surface area contributed by atoms with Crippen LogP contribution in [-0.2, 0) is 14.3 Å². The van der Waals surface area contributed by atoms with Crippen molar-refractivity contribution in [3.8, 4) is 0 Å². The van der Waals surface area contributed by atoms with Gasteiger partial charge in [-0.3, -0.25) is 19.8 Å². The fourth-order valence-corrected chi connectivity index (χ4v) is 4.53. The predicted molar refractivity (Wildman–Crippen MR) is 131 cm³/mol. The summed E-state index contributed by atoms with van der Waals surface area (Å²) in [6.45, 7) is 6.25. The smallest absolute Gasteiger partial charge is 0.328 e. The number of benzene rings is 1. The highest BCUT2D eigenvalue weighted by atomic mass is 32.2. The third-order valence-corrected chi connectivity index (χ3v) is 6.38. The second-order valence-electron chi connectivity index (χ2n) is 6.95. The Morgan fingerprint density at radius 2 is 1.97 bits per heavy atom. The molecule has 174 valence electrons. The number of thiazole rings is 1. The normalized spacial score (nSPS) is 10.5. The minimum atomic E-state index is -0.294. The number of esters is 1. The summed E-state index contributed by atoms with van der Waals surface area (Å²) in [4.78, 5) is 41.9. The van der Waals surface area contributed by atoms with E-state index in [1.54, 1.807) is 36.2 Å². The first-order valence-electron chi connectivity index (χ1n) is 10.6. The van der Waals surface area contributed by atoms with Crippen LogP contribution in [0, 0.1) is 0 Å². The molecule has 0 unspecified atom stereocenters. The molecule has 1 aromatic carbocycles. The number of hydrogen-bond acceptors (Lipinski definition) is 7. The van der Waals surface area contributed by atoms with E-state index < -0.39 is 0 Å². The van der Waals surface area contributed by atoms with Gasteiger partial charge in [-0.2, -0.15) is 0 Å². The maximum Gasteiger partial charge on any atom is 0.328 e. The summed E-state index contributed by atoms with van der Waals surface area (Å²) in [7, 11) is 0. The molecule has 0 spiro atoms. The SMILES string of the molecule is CCCCCCN(C(=O)Nc1ncc(SCC(=O)OCC)s1)c1cccc(NC(C)=O)c1. The average molecular weight is 479 g/mol. The Kier molecular flexibility index (Phi) is 11.0. The Bertz CT molecular complexity index is 904. The van der Waals surface area contributed by atoms with Crippen molar-refractivity contribution < 1.29 is 19.1 Å². The van der Waals surface area contributed by atoms with Gasteiger partial charge in [-0.05, 0) is 31.5 Å². The van der Waals surface area contributed by atoms with Crippen LogP contribution in [0.15, 0.2) is 34.7 Å². The van der Waals surface area contributed by atoms with Gasteiger partial charge >= 0.3 is 12.0 Å². The lowest BCUT2D eigenvalue weighted by molar-refractivity contribution is -0.139. The molecule has 0 atom stereocenters. The molecule has 0 aliphatic carbocycles. The molecule has 3 amide bonds. The fourth-order valence-electron chi connectivity index (χ4n) is 2.87. The van der Waals surface area contributed by atoms with Crippen molar-refractivity contribution in [3.05, 3.63) is 30.5 Å². The molecular formula is C22H30N4O4S2. The van der Waals surface area contributed by atoms with Crippen LogP contribution in [0.25, 0.3) is 0 Å². The van der Waals surface area contributed by atoms with E-state index in [1.165, 1.54) is 30.0 Å². The summed E-state index contributed by atoms with van der Waals surface area (Å²) >= 11 is 2.63. The number of aromatic nitrogens is 1. The molecule has 2 aromatic rings. The standard InChI is InChI=1S/C22H30N4O4S2/c1-4-6-7-8-12-26(18-11-9-10-17(13-18)24-16(3)27)22(29)25-21-23-14-20(32-21)31-15-19(28)30-5-2/h9-11,13-14H,4-8,12,15H2,1-3H3,(H,24,27)(H,23,25,29). The van der Waals surface area contributed by atoms with Crippen LogP contribution in [0.1, 0.15) is 46.5 Å². The molecule has 0 saturated heterocycles. The summed E-state index contributed by atoms with van der Waals surface area (Å²) in [6, 6.07) is 6.92. The monoisotopic (exact) mass is 478 g/mol. The number of anilines is 3. The third-order valence-electron chi connectivity index (χ3n) is 4.29. The minimum absolute atomic E-state index is 0.170. The Labute approximate surface area is 197 Å². The number of thioether (sulfide) groups is 1. The van der Waals surface area contributed by atoms with E-state index in [0.29, 0.717) is 29.7 Å². The molecule has 2 N–H and O–H groups in total. The lowest BCUT2D eigenvalue weighted by Crippen LogP contribution is -2.35. The van der Waals surface area contributed by atoms with E-state index in [4.69, 9.17) is 4.74 Å². The van der Waals surface area contributed by atoms with Crippen LogP contribution < -0.4 is 15.5 Å². The number of hydrogen-bond donors (Lipinski definition) is 2. The van der Waals surface area contributed by atoms with Crippen LogP contribution in [0.3, 0.4) is 0 Å². The molecule has 0 radical (unpaired) electrons. The molecular weight excluding hydrogens is 448 g/mol. The van der Waals surface area contributed by atoms with Gasteiger partial charge in [0, 0.05) is 24.8 Å². The van der Waals surface area contributed by atoms with Gasteiger partial charge < -0.3 is 10.1 Å². The van der Waals surface area contributed by atoms with Gasteiger partial charge in [0.2, 0.25) is 5.91 Å². The zero-order valence-electron chi connectivity index (χ0n) is 18.7. The zero-order chi connectivity index (χ0) is 23.3. The van der Waals surface area contributed by atoms with Gasteiger partial charge in [-0.1, -0.05) is 43.6 Å². The lowest BCUT2D eigenvalue weighted by atomic mass is 10.2. The van der Waals surface area contributed by atoms with Crippen LogP contribution >= 0.6 is 23.1 Å². The minimum Gasteiger partial charge on any atom is -0.465 e. The lowest BCUT2D eigenvalue weighted by Gasteiger charge is -2.23. The van der Waals surface area contributed by atoms with E-state index in [0.717, 1.165) is 29.9 Å². The number of amides is 3. The van der Waals surface area contributed by atoms with Crippen molar-refractivity contribution in [2.24, 2.45) is 0 Å². The summed E-state index contributed by atoms with van der Waals surface area (Å²) in [6.07, 6.45) is 5.74. The third kappa shape index (κ3) is 8.88. The van der Waals surface area contributed by atoms with E-state index in [-0.39, 0.29) is 23.7 Å². The number of carbonyl (C=O) groups is 3. The molecule has 10 heteroatoms. The van der Waals surface area contributed by atoms with Crippen molar-refractivity contribution in [2.45, 2.75) is 50.7 Å². The highest BCUT2D eigenvalue weighted by molar-refractivity contribution is 8.01. The quantitative estimate of drug-likeness (QED) is 0.241. The first kappa shape index (κ1) is 25.7. The summed E-state index contributed by atoms with van der Waals surface area (Å²) in [5.74, 6) is -0.256. The van der Waals surface area contributed by atoms with Crippen molar-refractivity contribution in [1.29, 1.82) is 0 Å². The van der Waals surface area contributed by atoms with Crippen LogP contribution in [0.2, 0.25) is 0 Å². The van der Waals surface area contributed by atoms with Crippen LogP contribution in [0.4, 0.5) is 21.3 Å². The summed E-state index contributed by atoms with van der Waals surface area (Å²) < 4.78 is 5.74. The highest BCUT2D eigenvalue weighted by Crippen LogP contribution is 2.29. The van der Waals surface area contributed by atoms with Gasteiger partial charge in [-0.15, -0.1) is 11.8 Å². The largest absolute Gasteiger partial charge is 0.465 e. The topological polar surface area (TPSA) is 101 Å². The van der Waals surface area contributed by atoms with E-state index in [1.807, 2.05) is 6.07 Å². The van der Waals surface area contributed by atoms with Crippen LogP contribution in [-0.4, -0.2) is 41.8 Å². The Balaban J connectivity index is 2.08. The molecule has 0 aliphatic rings. The Morgan fingerprint density at radius 1 is 1.16 bits per heavy atom. The van der Waals surface area contributed by atoms with Gasteiger partial charge in [0.05, 0.1) is 22.8 Å². The fraction of sp³-hybridized carbons (Fsp3) is 0.455. The molecule has 8 nitrogen and oxygen atoms in total. The molecule has 1 aromatic heterocycles. The first-order chi connectivity index (χ1) is 15.4. The number of ether oxygens (including phenoxy) is 1. The van der Waals surface area contributed by atoms with Gasteiger partial charge in [0.15, 0.2) is 5.13 Å². The molecule has 32 heavy (non-hydrogen) atoms. The molecule has 0 fully saturated rings. The van der Waals surface area contributed by atoms with Crippen molar-refractivity contribution in [2.75, 3.05) is 34.4 Å². The average Bonchev–Trinajstić information content (AvgIpc) is 3.19. The number of urea groups is 1. The summed E-state index contributed by atoms with van der Waals surface area (Å²) in [5, 5.41) is 6.06. The van der Waals surface area contributed by atoms with E-state index in [9.17, 15) is 14.4 Å². The zero-order valence-corrected chi connectivity index (χ0v) is 20.3. The van der Waals surface area contributed by atoms with E-state index >= 15 is 0 Å². The molecule has 0 saturated carbocycles. The number of carbonyl (C=O) groups excluding carboxylic acids is 3. The number of nitrogens with zero attached hydrogens (tertiary/aromatic N) is 2. The van der Waals surface area contributed by atoms with Crippen molar-refractivity contribution in [1.82, 2.24) is 4.98 Å². The summed E-state index contributed by atoms with van der Waals surface area (Å²) in [5.41, 5.74) is 1.33. The van der Waals surface area contributed by atoms with Gasteiger partial charge in [0.1, 0.15) is 0 Å². The molecule has 0 bridgehead atoms. The van der Waals surface area contributed by atoms with Gasteiger partial charge in [-0.25, -0.2) is 9.78 Å². The Hall–Kier alpha value is -2.59. The van der Waals surface area contributed by atoms with Crippen molar-refractivity contribution in [3.63, 3.8) is 0 Å². The maximum atomic E-state index is 13.1. The highest BCUT2D eigenvalue weighted by Gasteiger charge is 2.18. The Morgan fingerprint density at radius 3 is 2.69 bits per heavy atom. The predicted octanol–water partition coefficient (Wildman–Crippen LogP) is 5.38. The molecule has 1 heterocycles. The number of unbranched alkanes of at least 4 members (excludes halogenated alkanes) is 3. The van der Waals surface area contributed by atoms with E-state index in [2.05, 4.69) is 22.5 Å². The molecule has 0 aliphatic heterocycles. The van der Waals surface area contributed by atoms with Crippen LogP contribution in [0.5, 0.6) is 0 Å². The van der Waals surface area contributed by atoms with Gasteiger partial charge in [0.25, 0.3) is 0 Å². The second kappa shape index (κ2) is 13.7. The second-order valence-corrected chi connectivity index (χ2v) is 9.26. The molecule has 2 rings (SSSR count). The first-order valence-corrected chi connectivity index (χ1v) is 12.4. The number of nitrogens with one attached hydrogen (secondary N) is 2.